The first kappa shape index (κ1) is 30.5. The van der Waals surface area contributed by atoms with Crippen molar-refractivity contribution in [1.82, 2.24) is 0 Å². The average molecular weight is 570 g/mol. The van der Waals surface area contributed by atoms with Gasteiger partial charge >= 0.3 is 17.1 Å². The van der Waals surface area contributed by atoms with Gasteiger partial charge in [0.05, 0.1) is 11.4 Å². The molecule has 4 aromatic rings. The van der Waals surface area contributed by atoms with Crippen molar-refractivity contribution in [2.75, 3.05) is 10.6 Å². The second kappa shape index (κ2) is 15.5. The third-order valence-corrected chi connectivity index (χ3v) is 4.92. The normalized spacial score (nSPS) is 10.3. The van der Waals surface area contributed by atoms with Crippen LogP contribution in [0.5, 0.6) is 11.5 Å². The fourth-order valence-corrected chi connectivity index (χ4v) is 3.13. The van der Waals surface area contributed by atoms with Gasteiger partial charge in [0.2, 0.25) is 11.8 Å². The number of carbonyl (C=O) groups excluding carboxylic acids is 2. The minimum atomic E-state index is -0.114. The molecule has 0 unspecified atom stereocenters. The molecule has 0 aliphatic heterocycles. The minimum Gasteiger partial charge on any atom is -0.872 e. The summed E-state index contributed by atoms with van der Waals surface area (Å²) in [4.78, 5) is 30.2. The summed E-state index contributed by atoms with van der Waals surface area (Å²) in [5.41, 5.74) is 3.97. The summed E-state index contributed by atoms with van der Waals surface area (Å²) in [5.74, 6) is -0.338. The standard InChI is InChI=1S/2C15H14N2O2.Cu/c2*1-11(18)17-14-8-6-13(7-9-14)16-10-12-4-2-3-5-15(12)19;/h2*2-10,19H,1H3,(H,17,18);/q;;+2/p-2. The molecule has 4 aromatic carbocycles. The number of nitrogens with one attached hydrogen (secondary N) is 2. The van der Waals surface area contributed by atoms with Crippen molar-refractivity contribution in [3.05, 3.63) is 108 Å². The molecule has 2 amide bonds. The molecule has 9 heteroatoms. The van der Waals surface area contributed by atoms with Gasteiger partial charge in [0.1, 0.15) is 0 Å². The second-order valence-electron chi connectivity index (χ2n) is 8.05. The summed E-state index contributed by atoms with van der Waals surface area (Å²) in [6.45, 7) is 2.91. The van der Waals surface area contributed by atoms with Crippen LogP contribution in [0.3, 0.4) is 0 Å². The monoisotopic (exact) mass is 569 g/mol. The Hall–Kier alpha value is -4.72. The first-order valence-corrected chi connectivity index (χ1v) is 11.7. The van der Waals surface area contributed by atoms with Gasteiger partial charge < -0.3 is 20.8 Å². The minimum absolute atomic E-state index is 0. The molecule has 0 aromatic heterocycles. The molecule has 0 aliphatic rings. The second-order valence-corrected chi connectivity index (χ2v) is 8.05. The van der Waals surface area contributed by atoms with E-state index >= 15 is 0 Å². The largest absolute Gasteiger partial charge is 2.00 e. The maximum Gasteiger partial charge on any atom is 2.00 e. The van der Waals surface area contributed by atoms with E-state index in [-0.39, 0.29) is 40.4 Å². The number of nitrogens with zero attached hydrogens (tertiary/aromatic N) is 2. The molecule has 0 fully saturated rings. The number of carbonyl (C=O) groups is 2. The van der Waals surface area contributed by atoms with Crippen molar-refractivity contribution >= 4 is 47.0 Å². The zero-order valence-corrected chi connectivity index (χ0v) is 22.2. The van der Waals surface area contributed by atoms with Gasteiger partial charge in [-0.2, -0.15) is 0 Å². The van der Waals surface area contributed by atoms with Crippen LogP contribution in [0.1, 0.15) is 25.0 Å². The van der Waals surface area contributed by atoms with Gasteiger partial charge in [-0.15, -0.1) is 11.5 Å². The van der Waals surface area contributed by atoms with Gasteiger partial charge in [-0.25, -0.2) is 0 Å². The number of anilines is 2. The Kier molecular flexibility index (Phi) is 12.1. The van der Waals surface area contributed by atoms with Crippen molar-refractivity contribution in [1.29, 1.82) is 0 Å². The molecule has 0 saturated carbocycles. The van der Waals surface area contributed by atoms with Gasteiger partial charge in [-0.1, -0.05) is 48.5 Å². The average Bonchev–Trinajstić information content (AvgIpc) is 2.89. The van der Waals surface area contributed by atoms with E-state index in [1.54, 1.807) is 84.9 Å². The maximum absolute atomic E-state index is 11.5. The van der Waals surface area contributed by atoms with Crippen molar-refractivity contribution in [3.63, 3.8) is 0 Å². The Labute approximate surface area is 237 Å². The number of hydrogen-bond acceptors (Lipinski definition) is 6. The maximum atomic E-state index is 11.5. The quantitative estimate of drug-likeness (QED) is 0.252. The SMILES string of the molecule is CC(=O)Nc1ccc(N=Cc2ccccc2[O-])cc1.CC(=O)Nc1ccc(N=Cc2ccccc2[O-])cc1.[Cu+2]. The molecule has 8 nitrogen and oxygen atoms in total. The number of amides is 2. The molecule has 4 rings (SSSR count). The van der Waals surface area contributed by atoms with Crippen molar-refractivity contribution in [2.24, 2.45) is 9.98 Å². The van der Waals surface area contributed by atoms with Crippen LogP contribution in [0.25, 0.3) is 0 Å². The Balaban J connectivity index is 0.000000267. The van der Waals surface area contributed by atoms with E-state index in [0.717, 1.165) is 22.7 Å². The van der Waals surface area contributed by atoms with E-state index in [1.807, 2.05) is 0 Å². The Morgan fingerprint density at radius 3 is 1.23 bits per heavy atom. The summed E-state index contributed by atoms with van der Waals surface area (Å²) < 4.78 is 0. The molecule has 0 spiro atoms. The number of para-hydroxylation sites is 2. The summed E-state index contributed by atoms with van der Waals surface area (Å²) in [6, 6.07) is 27.6. The van der Waals surface area contributed by atoms with Crippen LogP contribution in [0.2, 0.25) is 0 Å². The fraction of sp³-hybridized carbons (Fsp3) is 0.0667. The van der Waals surface area contributed by atoms with E-state index in [0.29, 0.717) is 11.1 Å². The summed E-state index contributed by atoms with van der Waals surface area (Å²) in [6.07, 6.45) is 3.07. The molecule has 2 N–H and O–H groups in total. The van der Waals surface area contributed by atoms with E-state index < -0.39 is 0 Å². The van der Waals surface area contributed by atoms with Crippen LogP contribution in [0.4, 0.5) is 22.7 Å². The molecule has 0 saturated heterocycles. The van der Waals surface area contributed by atoms with E-state index in [9.17, 15) is 19.8 Å². The molecule has 201 valence electrons. The number of aliphatic imine (C=N–C) groups is 2. The number of rotatable bonds is 6. The zero-order chi connectivity index (χ0) is 27.3. The molecule has 39 heavy (non-hydrogen) atoms. The van der Waals surface area contributed by atoms with E-state index in [1.165, 1.54) is 38.4 Å². The van der Waals surface area contributed by atoms with E-state index in [2.05, 4.69) is 20.6 Å². The smallest absolute Gasteiger partial charge is 0.872 e. The first-order valence-electron chi connectivity index (χ1n) is 11.7. The Morgan fingerprint density at radius 1 is 0.590 bits per heavy atom. The molecule has 0 aliphatic carbocycles. The predicted octanol–water partition coefficient (Wildman–Crippen LogP) is 4.94. The third-order valence-electron chi connectivity index (χ3n) is 4.92. The van der Waals surface area contributed by atoms with Gasteiger partial charge in [0.25, 0.3) is 0 Å². The molecule has 0 atom stereocenters. The fourth-order valence-electron chi connectivity index (χ4n) is 3.13. The van der Waals surface area contributed by atoms with Crippen LogP contribution in [-0.4, -0.2) is 24.2 Å². The summed E-state index contributed by atoms with van der Waals surface area (Å²) in [7, 11) is 0. The van der Waals surface area contributed by atoms with Crippen molar-refractivity contribution in [2.45, 2.75) is 13.8 Å². The summed E-state index contributed by atoms with van der Waals surface area (Å²) >= 11 is 0. The Morgan fingerprint density at radius 2 is 0.923 bits per heavy atom. The molecule has 1 radical (unpaired) electrons. The zero-order valence-electron chi connectivity index (χ0n) is 21.2. The molecule has 0 bridgehead atoms. The van der Waals surface area contributed by atoms with Gasteiger partial charge in [-0.3, -0.25) is 19.6 Å². The predicted molar refractivity (Wildman–Crippen MR) is 148 cm³/mol. The van der Waals surface area contributed by atoms with E-state index in [4.69, 9.17) is 0 Å². The first-order chi connectivity index (χ1) is 18.3. The number of benzene rings is 4. The van der Waals surface area contributed by atoms with Crippen LogP contribution in [0, 0.1) is 0 Å². The van der Waals surface area contributed by atoms with Crippen LogP contribution >= 0.6 is 0 Å². The van der Waals surface area contributed by atoms with Gasteiger partial charge in [-0.05, 0) is 59.7 Å². The molecular formula is C30H26CuN4O4. The van der Waals surface area contributed by atoms with Crippen LogP contribution < -0.4 is 20.8 Å². The van der Waals surface area contributed by atoms with Crippen molar-refractivity contribution < 1.29 is 36.9 Å². The number of hydrogen-bond donors (Lipinski definition) is 2. The van der Waals surface area contributed by atoms with Gasteiger partial charge in [0, 0.05) is 37.7 Å². The third kappa shape index (κ3) is 10.7. The Bertz CT molecular complexity index is 1330. The van der Waals surface area contributed by atoms with Gasteiger partial charge in [0.15, 0.2) is 0 Å². The van der Waals surface area contributed by atoms with Crippen molar-refractivity contribution in [3.8, 4) is 11.5 Å². The molecular weight excluding hydrogens is 544 g/mol. The van der Waals surface area contributed by atoms with Crippen LogP contribution in [-0.2, 0) is 26.7 Å². The topological polar surface area (TPSA) is 129 Å². The molecule has 0 heterocycles. The van der Waals surface area contributed by atoms with Crippen LogP contribution in [0.15, 0.2) is 107 Å². The summed E-state index contributed by atoms with van der Waals surface area (Å²) in [5, 5.41) is 28.3.